The van der Waals surface area contributed by atoms with Crippen LogP contribution in [0.25, 0.3) is 0 Å². The molecule has 2 N–H and O–H groups in total. The third kappa shape index (κ3) is 19.8. The molecule has 24 nitrogen and oxygen atoms in total. The molecule has 0 saturated carbocycles. The van der Waals surface area contributed by atoms with Crippen LogP contribution in [-0.2, 0) is 51.1 Å². The number of likely N-dealkylation sites (tertiary alicyclic amines) is 2. The van der Waals surface area contributed by atoms with Crippen molar-refractivity contribution in [3.05, 3.63) is 143 Å². The van der Waals surface area contributed by atoms with E-state index in [1.54, 1.807) is 98.9 Å². The van der Waals surface area contributed by atoms with E-state index in [1.165, 1.54) is 42.7 Å². The van der Waals surface area contributed by atoms with Gasteiger partial charge in [0.1, 0.15) is 35.8 Å². The Morgan fingerprint density at radius 3 is 1.11 bits per heavy atom. The maximum absolute atomic E-state index is 14.7. The van der Waals surface area contributed by atoms with Crippen LogP contribution < -0.4 is 67.5 Å². The van der Waals surface area contributed by atoms with Crippen molar-refractivity contribution in [3.8, 4) is 69.0 Å². The van der Waals surface area contributed by atoms with E-state index in [4.69, 9.17) is 66.3 Å². The number of nitrogens with zero attached hydrogens (tertiary/aromatic N) is 2. The maximum atomic E-state index is 14.7. The molecule has 6 aromatic rings. The molecular weight excluding hydrogens is 1310 g/mol. The number of nitrogens with one attached hydrogen (secondary N) is 2. The second-order valence-electron chi connectivity index (χ2n) is 24.7. The largest absolute Gasteiger partial charge is 0.493 e. The number of hydrogen-bond donors (Lipinski definition) is 2. The van der Waals surface area contributed by atoms with Crippen molar-refractivity contribution in [1.82, 2.24) is 20.4 Å². The average molecular weight is 1410 g/mol. The SMILES string of the molecule is CC[C@@H](C(=O)N1CCCC[C@H]1C(=O)O[C@@H](CCc1ccc(OC)c(OC)c1)c1cccc(OCC(=O)NCCNC(=O)COc2cccc([C@@H](CCc3ccc(OC)c(OC)c3)OC(=O)[C@@H]3CCCCN3C(=O)[C@H](CC)c3cc(OC)c(OC)c(OC)c3)c2)c1)c1cc(OC)c(OC)c(OC)c1. The number of piperidine rings is 2. The molecule has 2 saturated heterocycles. The molecule has 6 atom stereocenters. The Bertz CT molecular complexity index is 3510. The molecule has 2 heterocycles. The lowest BCUT2D eigenvalue weighted by Crippen LogP contribution is -2.50. The second-order valence-corrected chi connectivity index (χ2v) is 24.7. The second kappa shape index (κ2) is 38.5. The smallest absolute Gasteiger partial charge is 0.329 e. The molecule has 0 unspecified atom stereocenters. The molecule has 0 aromatic heterocycles. The van der Waals surface area contributed by atoms with Gasteiger partial charge >= 0.3 is 11.9 Å². The lowest BCUT2D eigenvalue weighted by atomic mass is 9.91. The van der Waals surface area contributed by atoms with Crippen LogP contribution in [0.4, 0.5) is 0 Å². The summed E-state index contributed by atoms with van der Waals surface area (Å²) in [6, 6.07) is 30.5. The number of esters is 2. The lowest BCUT2D eigenvalue weighted by molar-refractivity contribution is -0.162. The Morgan fingerprint density at radius 1 is 0.412 bits per heavy atom. The Morgan fingerprint density at radius 2 is 0.775 bits per heavy atom. The molecule has 6 aromatic carbocycles. The Kier molecular flexibility index (Phi) is 29.3. The number of carbonyl (C=O) groups is 6. The first-order chi connectivity index (χ1) is 49.5. The fourth-order valence-corrected chi connectivity index (χ4v) is 13.1. The lowest BCUT2D eigenvalue weighted by Gasteiger charge is -2.37. The van der Waals surface area contributed by atoms with Crippen LogP contribution in [0.5, 0.6) is 69.0 Å². The minimum absolute atomic E-state index is 0.0705. The molecule has 8 rings (SSSR count). The van der Waals surface area contributed by atoms with E-state index >= 15 is 0 Å². The summed E-state index contributed by atoms with van der Waals surface area (Å²) in [5, 5.41) is 5.55. The molecule has 102 heavy (non-hydrogen) atoms. The summed E-state index contributed by atoms with van der Waals surface area (Å²) >= 11 is 0. The van der Waals surface area contributed by atoms with Crippen molar-refractivity contribution in [2.45, 2.75) is 127 Å². The Balaban J connectivity index is 0.885. The van der Waals surface area contributed by atoms with Gasteiger partial charge in [-0.05, 0) is 183 Å². The van der Waals surface area contributed by atoms with Gasteiger partial charge in [0.25, 0.3) is 11.8 Å². The highest BCUT2D eigenvalue weighted by molar-refractivity contribution is 5.90. The summed E-state index contributed by atoms with van der Waals surface area (Å²) in [7, 11) is 15.3. The number of benzene rings is 6. The quantitative estimate of drug-likeness (QED) is 0.0271. The van der Waals surface area contributed by atoms with Gasteiger partial charge in [-0.15, -0.1) is 0 Å². The van der Waals surface area contributed by atoms with Gasteiger partial charge in [0.2, 0.25) is 23.3 Å². The molecule has 24 heteroatoms. The maximum Gasteiger partial charge on any atom is 0.329 e. The minimum Gasteiger partial charge on any atom is -0.493 e. The molecule has 0 spiro atoms. The van der Waals surface area contributed by atoms with E-state index in [9.17, 15) is 28.8 Å². The zero-order valence-electron chi connectivity index (χ0n) is 60.6. The third-order valence-electron chi connectivity index (χ3n) is 18.5. The topological polar surface area (TPSA) is 262 Å². The van der Waals surface area contributed by atoms with Crippen molar-refractivity contribution in [1.29, 1.82) is 0 Å². The van der Waals surface area contributed by atoms with E-state index < -0.39 is 59.9 Å². The highest BCUT2D eigenvalue weighted by atomic mass is 16.6. The number of carbonyl (C=O) groups excluding carboxylic acids is 6. The third-order valence-corrected chi connectivity index (χ3v) is 18.5. The molecule has 550 valence electrons. The monoisotopic (exact) mass is 1410 g/mol. The first kappa shape index (κ1) is 77.5. The molecule has 0 aliphatic carbocycles. The summed E-state index contributed by atoms with van der Waals surface area (Å²) in [4.78, 5) is 88.3. The van der Waals surface area contributed by atoms with Gasteiger partial charge in [0.05, 0.1) is 82.9 Å². The van der Waals surface area contributed by atoms with Gasteiger partial charge in [-0.2, -0.15) is 0 Å². The van der Waals surface area contributed by atoms with Crippen LogP contribution in [0, 0.1) is 0 Å². The number of amides is 4. The average Bonchev–Trinajstić information content (AvgIpc) is 0.796. The van der Waals surface area contributed by atoms with Gasteiger partial charge in [-0.1, -0.05) is 50.2 Å². The normalized spacial score (nSPS) is 15.4. The number of aryl methyl sites for hydroxylation is 2. The summed E-state index contributed by atoms with van der Waals surface area (Å²) in [5.41, 5.74) is 4.34. The fraction of sp³-hybridized carbons (Fsp3) is 0.462. The Labute approximate surface area is 597 Å². The van der Waals surface area contributed by atoms with Crippen LogP contribution >= 0.6 is 0 Å². The van der Waals surface area contributed by atoms with Crippen LogP contribution in [0.2, 0.25) is 0 Å². The van der Waals surface area contributed by atoms with Crippen molar-refractivity contribution < 1.29 is 95.1 Å². The van der Waals surface area contributed by atoms with Crippen molar-refractivity contribution in [2.75, 3.05) is 110 Å². The summed E-state index contributed by atoms with van der Waals surface area (Å²) in [5.74, 6) is 1.68. The van der Waals surface area contributed by atoms with Crippen molar-refractivity contribution >= 4 is 35.6 Å². The van der Waals surface area contributed by atoms with E-state index in [2.05, 4.69) is 10.6 Å². The molecule has 0 radical (unpaired) electrons. The van der Waals surface area contributed by atoms with Gasteiger partial charge in [-0.3, -0.25) is 19.2 Å². The number of ether oxygens (including phenoxy) is 14. The minimum atomic E-state index is -0.860. The van der Waals surface area contributed by atoms with Gasteiger partial charge in [-0.25, -0.2) is 9.59 Å². The molecule has 2 aliphatic rings. The Hall–Kier alpha value is -10.3. The number of hydrogen-bond acceptors (Lipinski definition) is 20. The summed E-state index contributed by atoms with van der Waals surface area (Å²) < 4.78 is 80.7. The summed E-state index contributed by atoms with van der Waals surface area (Å²) in [6.07, 6.45) is 4.54. The van der Waals surface area contributed by atoms with E-state index in [0.29, 0.717) is 181 Å². The highest BCUT2D eigenvalue weighted by Gasteiger charge is 2.40. The zero-order chi connectivity index (χ0) is 73.2. The molecule has 0 bridgehead atoms. The predicted molar refractivity (Wildman–Crippen MR) is 380 cm³/mol. The number of methoxy groups -OCH3 is 10. The predicted octanol–water partition coefficient (Wildman–Crippen LogP) is 11.0. The van der Waals surface area contributed by atoms with E-state index in [1.807, 2.05) is 62.4 Å². The van der Waals surface area contributed by atoms with Gasteiger partial charge in [0.15, 0.2) is 59.2 Å². The van der Waals surface area contributed by atoms with E-state index in [0.717, 1.165) is 11.1 Å². The van der Waals surface area contributed by atoms with Crippen LogP contribution in [-0.4, -0.2) is 168 Å². The molecule has 4 amide bonds. The highest BCUT2D eigenvalue weighted by Crippen LogP contribution is 2.44. The molecular formula is C78H98N4O20. The zero-order valence-corrected chi connectivity index (χ0v) is 60.6. The first-order valence-corrected chi connectivity index (χ1v) is 34.5. The van der Waals surface area contributed by atoms with Crippen LogP contribution in [0.1, 0.15) is 135 Å². The molecule has 2 fully saturated rings. The fourth-order valence-electron chi connectivity index (χ4n) is 13.1. The standard InChI is InChI=1S/C78H98N4O20/c1-13-57(53-43-67(93-7)73(97-11)68(44-53)94-8)75(85)81-37-17-15-25-59(81)77(87)101-61(31-27-49-29-33-63(89-3)65(39-49)91-5)51-21-19-23-55(41-51)99-47-71(83)79-35-36-80-72(84)48-100-56-24-20-22-52(42-56)62(32-28-50-30-34-64(90-4)66(40-50)92-6)102-78(88)60-26-16-18-38-82(60)76(86)58(14-2)54-45-69(95-9)74(98-12)70(46-54)96-10/h19-24,29-30,33-34,39-46,57-62H,13-18,25-28,31-32,35-38,47-48H2,1-12H3,(H,79,83)(H,80,84)/t57-,58-,59+,60+,61-,62+/m1/s1. The first-order valence-electron chi connectivity index (χ1n) is 34.5. The van der Waals surface area contributed by atoms with E-state index in [-0.39, 0.29) is 38.1 Å². The van der Waals surface area contributed by atoms with Crippen molar-refractivity contribution in [2.24, 2.45) is 0 Å². The van der Waals surface area contributed by atoms with Crippen LogP contribution in [0.3, 0.4) is 0 Å². The molecule has 2 aliphatic heterocycles. The van der Waals surface area contributed by atoms with Gasteiger partial charge < -0.3 is 86.7 Å². The number of rotatable bonds is 37. The van der Waals surface area contributed by atoms with Crippen molar-refractivity contribution in [3.63, 3.8) is 0 Å². The van der Waals surface area contributed by atoms with Crippen LogP contribution in [0.15, 0.2) is 109 Å². The summed E-state index contributed by atoms with van der Waals surface area (Å²) in [6.45, 7) is 3.97. The van der Waals surface area contributed by atoms with Gasteiger partial charge in [0, 0.05) is 26.2 Å².